The van der Waals surface area contributed by atoms with Gasteiger partial charge >= 0.3 is 5.97 Å². The van der Waals surface area contributed by atoms with E-state index in [9.17, 15) is 9.59 Å². The fourth-order valence-corrected chi connectivity index (χ4v) is 2.20. The van der Waals surface area contributed by atoms with Crippen LogP contribution in [0.15, 0.2) is 0 Å². The van der Waals surface area contributed by atoms with Crippen molar-refractivity contribution >= 4 is 11.9 Å². The Labute approximate surface area is 107 Å². The molecule has 0 aromatic rings. The van der Waals surface area contributed by atoms with Crippen LogP contribution in [0.1, 0.15) is 32.1 Å². The van der Waals surface area contributed by atoms with Gasteiger partial charge in [-0.2, -0.15) is 0 Å². The van der Waals surface area contributed by atoms with E-state index in [2.05, 4.69) is 5.32 Å². The van der Waals surface area contributed by atoms with E-state index >= 15 is 0 Å². The fraction of sp³-hybridized carbons (Fsp3) is 0.833. The lowest BCUT2D eigenvalue weighted by Crippen LogP contribution is -2.56. The van der Waals surface area contributed by atoms with Crippen molar-refractivity contribution in [1.29, 1.82) is 0 Å². The van der Waals surface area contributed by atoms with Crippen molar-refractivity contribution in [3.63, 3.8) is 0 Å². The van der Waals surface area contributed by atoms with Crippen molar-refractivity contribution in [2.75, 3.05) is 26.2 Å². The molecule has 0 aromatic carbocycles. The average molecular weight is 258 g/mol. The number of hydrogen-bond acceptors (Lipinski definition) is 4. The van der Waals surface area contributed by atoms with Crippen LogP contribution < -0.4 is 5.32 Å². The van der Waals surface area contributed by atoms with Gasteiger partial charge in [0.25, 0.3) is 0 Å². The maximum Gasteiger partial charge on any atom is 0.305 e. The molecule has 1 aliphatic heterocycles. The maximum absolute atomic E-state index is 11.6. The Morgan fingerprint density at radius 1 is 1.33 bits per heavy atom. The highest BCUT2D eigenvalue weighted by molar-refractivity contribution is 5.86. The van der Waals surface area contributed by atoms with Gasteiger partial charge in [-0.25, -0.2) is 0 Å². The Bertz CT molecular complexity index is 283. The lowest BCUT2D eigenvalue weighted by Gasteiger charge is -2.34. The number of nitrogens with one attached hydrogen (secondary N) is 1. The Balaban J connectivity index is 2.35. The first-order chi connectivity index (χ1) is 8.65. The van der Waals surface area contributed by atoms with Crippen LogP contribution in [-0.2, 0) is 9.59 Å². The summed E-state index contributed by atoms with van der Waals surface area (Å²) in [7, 11) is 0. The molecule has 6 heteroatoms. The standard InChI is InChI=1S/C12H22N2O4/c15-8-4-2-1-3-6-14-7-5-13-12(18)10(14)9-11(16)17/h10,15H,1-9H2,(H,13,18)(H,16,17). The number of piperazine rings is 1. The summed E-state index contributed by atoms with van der Waals surface area (Å²) >= 11 is 0. The van der Waals surface area contributed by atoms with Gasteiger partial charge in [-0.1, -0.05) is 12.8 Å². The minimum absolute atomic E-state index is 0.136. The largest absolute Gasteiger partial charge is 0.481 e. The summed E-state index contributed by atoms with van der Waals surface area (Å²) in [6, 6.07) is -0.533. The molecule has 1 fully saturated rings. The molecule has 0 aromatic heterocycles. The zero-order chi connectivity index (χ0) is 13.4. The molecule has 3 N–H and O–H groups in total. The molecule has 1 atom stereocenters. The van der Waals surface area contributed by atoms with Gasteiger partial charge in [-0.05, 0) is 19.4 Å². The topological polar surface area (TPSA) is 89.9 Å². The van der Waals surface area contributed by atoms with Crippen LogP contribution in [0.3, 0.4) is 0 Å². The molecule has 1 rings (SSSR count). The van der Waals surface area contributed by atoms with Gasteiger partial charge in [-0.15, -0.1) is 0 Å². The van der Waals surface area contributed by atoms with E-state index in [1.807, 2.05) is 4.90 Å². The van der Waals surface area contributed by atoms with Crippen molar-refractivity contribution in [2.24, 2.45) is 0 Å². The number of amides is 1. The number of carbonyl (C=O) groups is 2. The van der Waals surface area contributed by atoms with Crippen LogP contribution in [0.4, 0.5) is 0 Å². The first-order valence-electron chi connectivity index (χ1n) is 6.49. The number of carboxylic acids is 1. The summed E-state index contributed by atoms with van der Waals surface area (Å²) in [5.41, 5.74) is 0. The van der Waals surface area contributed by atoms with E-state index in [0.717, 1.165) is 32.2 Å². The van der Waals surface area contributed by atoms with Gasteiger partial charge in [0.15, 0.2) is 0 Å². The minimum atomic E-state index is -0.942. The molecule has 1 aliphatic rings. The number of carbonyl (C=O) groups excluding carboxylic acids is 1. The molecule has 1 saturated heterocycles. The maximum atomic E-state index is 11.6. The van der Waals surface area contributed by atoms with Crippen LogP contribution in [0.2, 0.25) is 0 Å². The van der Waals surface area contributed by atoms with Crippen LogP contribution in [0.5, 0.6) is 0 Å². The summed E-state index contributed by atoms with van der Waals surface area (Å²) in [6.45, 7) is 2.26. The predicted molar refractivity (Wildman–Crippen MR) is 66.2 cm³/mol. The number of aliphatic carboxylic acids is 1. The molecule has 1 heterocycles. The molecule has 18 heavy (non-hydrogen) atoms. The summed E-state index contributed by atoms with van der Waals surface area (Å²) in [5.74, 6) is -1.12. The van der Waals surface area contributed by atoms with Gasteiger partial charge in [0, 0.05) is 19.7 Å². The minimum Gasteiger partial charge on any atom is -0.481 e. The number of nitrogens with zero attached hydrogens (tertiary/aromatic N) is 1. The molecule has 104 valence electrons. The number of aliphatic hydroxyl groups excluding tert-OH is 1. The van der Waals surface area contributed by atoms with Crippen molar-refractivity contribution < 1.29 is 19.8 Å². The van der Waals surface area contributed by atoms with Crippen LogP contribution in [0, 0.1) is 0 Å². The van der Waals surface area contributed by atoms with Crippen molar-refractivity contribution in [2.45, 2.75) is 38.1 Å². The molecule has 0 aliphatic carbocycles. The fourth-order valence-electron chi connectivity index (χ4n) is 2.20. The summed E-state index contributed by atoms with van der Waals surface area (Å²) < 4.78 is 0. The van der Waals surface area contributed by atoms with Crippen LogP contribution in [-0.4, -0.2) is 59.3 Å². The third-order valence-corrected chi connectivity index (χ3v) is 3.16. The zero-order valence-electron chi connectivity index (χ0n) is 10.6. The van der Waals surface area contributed by atoms with E-state index < -0.39 is 12.0 Å². The predicted octanol–water partition coefficient (Wildman–Crippen LogP) is -0.186. The highest BCUT2D eigenvalue weighted by Crippen LogP contribution is 2.11. The average Bonchev–Trinajstić information content (AvgIpc) is 2.32. The number of hydrogen-bond donors (Lipinski definition) is 3. The quantitative estimate of drug-likeness (QED) is 0.525. The van der Waals surface area contributed by atoms with E-state index in [4.69, 9.17) is 10.2 Å². The summed E-state index contributed by atoms with van der Waals surface area (Å²) in [6.07, 6.45) is 3.57. The van der Waals surface area contributed by atoms with Gasteiger partial charge in [0.05, 0.1) is 12.5 Å². The van der Waals surface area contributed by atoms with E-state index in [0.29, 0.717) is 13.1 Å². The van der Waals surface area contributed by atoms with E-state index in [-0.39, 0.29) is 18.9 Å². The smallest absolute Gasteiger partial charge is 0.305 e. The Kier molecular flexibility index (Phi) is 6.67. The van der Waals surface area contributed by atoms with Gasteiger partial charge in [0.1, 0.15) is 0 Å². The highest BCUT2D eigenvalue weighted by Gasteiger charge is 2.30. The van der Waals surface area contributed by atoms with Crippen molar-refractivity contribution in [3.05, 3.63) is 0 Å². The third-order valence-electron chi connectivity index (χ3n) is 3.16. The lowest BCUT2D eigenvalue weighted by atomic mass is 10.1. The van der Waals surface area contributed by atoms with Crippen molar-refractivity contribution in [3.8, 4) is 0 Å². The molecular weight excluding hydrogens is 236 g/mol. The first-order valence-corrected chi connectivity index (χ1v) is 6.49. The zero-order valence-corrected chi connectivity index (χ0v) is 10.6. The van der Waals surface area contributed by atoms with Crippen molar-refractivity contribution in [1.82, 2.24) is 10.2 Å². The molecule has 0 radical (unpaired) electrons. The normalized spacial score (nSPS) is 20.7. The van der Waals surface area contributed by atoms with Crippen LogP contribution in [0.25, 0.3) is 0 Å². The lowest BCUT2D eigenvalue weighted by molar-refractivity contribution is -0.143. The molecule has 0 bridgehead atoms. The number of unbranched alkanes of at least 4 members (excludes halogenated alkanes) is 3. The van der Waals surface area contributed by atoms with Gasteiger partial charge < -0.3 is 15.5 Å². The Hall–Kier alpha value is -1.14. The van der Waals surface area contributed by atoms with Gasteiger partial charge in [-0.3, -0.25) is 14.5 Å². The van der Waals surface area contributed by atoms with E-state index in [1.165, 1.54) is 0 Å². The molecule has 6 nitrogen and oxygen atoms in total. The second-order valence-corrected chi connectivity index (χ2v) is 4.58. The third kappa shape index (κ3) is 5.01. The van der Waals surface area contributed by atoms with Crippen LogP contribution >= 0.6 is 0 Å². The molecular formula is C12H22N2O4. The number of aliphatic hydroxyl groups is 1. The molecule has 0 spiro atoms. The Morgan fingerprint density at radius 3 is 2.72 bits per heavy atom. The highest BCUT2D eigenvalue weighted by atomic mass is 16.4. The first kappa shape index (κ1) is 14.9. The number of carboxylic acid groups (broad SMARTS) is 1. The summed E-state index contributed by atoms with van der Waals surface area (Å²) in [4.78, 5) is 24.3. The summed E-state index contributed by atoms with van der Waals surface area (Å²) in [5, 5.41) is 20.2. The second-order valence-electron chi connectivity index (χ2n) is 4.58. The number of rotatable bonds is 8. The Morgan fingerprint density at radius 2 is 2.06 bits per heavy atom. The molecule has 0 saturated carbocycles. The molecule has 1 unspecified atom stereocenters. The SMILES string of the molecule is O=C(O)CC1C(=O)NCCN1CCCCCCO. The van der Waals surface area contributed by atoms with Gasteiger partial charge in [0.2, 0.25) is 5.91 Å². The molecule has 1 amide bonds. The van der Waals surface area contributed by atoms with E-state index in [1.54, 1.807) is 0 Å². The second kappa shape index (κ2) is 8.05. The monoisotopic (exact) mass is 258 g/mol.